The minimum absolute atomic E-state index is 0.0202. The number of benzene rings is 1. The molecule has 0 bridgehead atoms. The summed E-state index contributed by atoms with van der Waals surface area (Å²) in [5.74, 6) is 0. The topological polar surface area (TPSA) is 78.4 Å². The Morgan fingerprint density at radius 2 is 2.05 bits per heavy atom. The molecule has 1 rings (SSSR count). The van der Waals surface area contributed by atoms with Crippen LogP contribution in [0.1, 0.15) is 31.9 Å². The Morgan fingerprint density at radius 3 is 2.63 bits per heavy atom. The Hall–Kier alpha value is -0.950. The zero-order chi connectivity index (χ0) is 14.5. The second-order valence-corrected chi connectivity index (χ2v) is 6.36. The molecule has 1 unspecified atom stereocenters. The van der Waals surface area contributed by atoms with Gasteiger partial charge in [-0.1, -0.05) is 19.1 Å². The first-order valence-electron chi connectivity index (χ1n) is 6.35. The first-order chi connectivity index (χ1) is 8.90. The van der Waals surface area contributed by atoms with Crippen molar-refractivity contribution in [1.82, 2.24) is 10.0 Å². The standard InChI is InChI=1S/C13H22N2O3S/c1-4-12(16)9-15-10(2)11-6-5-7-13(8-11)19(17,18)14-3/h5-8,10,12,14-16H,4,9H2,1-3H3/t10?,12-/m1/s1. The van der Waals surface area contributed by atoms with Crippen molar-refractivity contribution < 1.29 is 13.5 Å². The van der Waals surface area contributed by atoms with Gasteiger partial charge in [-0.2, -0.15) is 0 Å². The number of aliphatic hydroxyl groups is 1. The Kier molecular flexibility index (Phi) is 5.93. The molecule has 0 saturated heterocycles. The van der Waals surface area contributed by atoms with Crippen molar-refractivity contribution in [3.8, 4) is 0 Å². The number of aliphatic hydroxyl groups excluding tert-OH is 1. The summed E-state index contributed by atoms with van der Waals surface area (Å²) in [5, 5.41) is 12.7. The van der Waals surface area contributed by atoms with Crippen molar-refractivity contribution in [1.29, 1.82) is 0 Å². The second-order valence-electron chi connectivity index (χ2n) is 4.47. The number of sulfonamides is 1. The van der Waals surface area contributed by atoms with Crippen molar-refractivity contribution in [3.05, 3.63) is 29.8 Å². The van der Waals surface area contributed by atoms with Crippen molar-refractivity contribution in [2.45, 2.75) is 37.3 Å². The first kappa shape index (κ1) is 16.1. The maximum Gasteiger partial charge on any atom is 0.240 e. The zero-order valence-corrected chi connectivity index (χ0v) is 12.4. The Morgan fingerprint density at radius 1 is 1.37 bits per heavy atom. The average Bonchev–Trinajstić information content (AvgIpc) is 2.44. The molecule has 1 aromatic carbocycles. The molecule has 1 aromatic rings. The summed E-state index contributed by atoms with van der Waals surface area (Å²) in [6.07, 6.45) is 0.306. The van der Waals surface area contributed by atoms with Gasteiger partial charge in [-0.25, -0.2) is 13.1 Å². The fourth-order valence-electron chi connectivity index (χ4n) is 1.64. The van der Waals surface area contributed by atoms with Gasteiger partial charge >= 0.3 is 0 Å². The Balaban J connectivity index is 2.82. The number of hydrogen-bond donors (Lipinski definition) is 3. The third-order valence-electron chi connectivity index (χ3n) is 3.07. The summed E-state index contributed by atoms with van der Waals surface area (Å²) in [5.41, 5.74) is 0.875. The highest BCUT2D eigenvalue weighted by Gasteiger charge is 2.14. The SMILES string of the molecule is CC[C@@H](O)CNC(C)c1cccc(S(=O)(=O)NC)c1. The van der Waals surface area contributed by atoms with E-state index in [4.69, 9.17) is 0 Å². The van der Waals surface area contributed by atoms with E-state index in [-0.39, 0.29) is 17.0 Å². The van der Waals surface area contributed by atoms with Crippen LogP contribution in [0.2, 0.25) is 0 Å². The van der Waals surface area contributed by atoms with E-state index in [0.29, 0.717) is 13.0 Å². The van der Waals surface area contributed by atoms with Crippen molar-refractivity contribution >= 4 is 10.0 Å². The Bertz CT molecular complexity index is 502. The molecule has 0 heterocycles. The van der Waals surface area contributed by atoms with Gasteiger partial charge in [0.2, 0.25) is 10.0 Å². The maximum atomic E-state index is 11.7. The summed E-state index contributed by atoms with van der Waals surface area (Å²) in [6, 6.07) is 6.76. The molecule has 0 amide bonds. The highest BCUT2D eigenvalue weighted by atomic mass is 32.2. The summed E-state index contributed by atoms with van der Waals surface area (Å²) in [4.78, 5) is 0.247. The van der Waals surface area contributed by atoms with Crippen LogP contribution in [0.4, 0.5) is 0 Å². The van der Waals surface area contributed by atoms with Crippen LogP contribution in [0.5, 0.6) is 0 Å². The normalized spacial score (nSPS) is 15.2. The summed E-state index contributed by atoms with van der Waals surface area (Å²) in [6.45, 7) is 4.34. The highest BCUT2D eigenvalue weighted by Crippen LogP contribution is 2.17. The van der Waals surface area contributed by atoms with Crippen LogP contribution in [0.25, 0.3) is 0 Å². The average molecular weight is 286 g/mol. The molecule has 0 aromatic heterocycles. The summed E-state index contributed by atoms with van der Waals surface area (Å²) >= 11 is 0. The third kappa shape index (κ3) is 4.58. The van der Waals surface area contributed by atoms with E-state index in [9.17, 15) is 13.5 Å². The second kappa shape index (κ2) is 7.00. The minimum atomic E-state index is -3.42. The molecule has 0 fully saturated rings. The molecule has 0 spiro atoms. The molecule has 0 aliphatic carbocycles. The fraction of sp³-hybridized carbons (Fsp3) is 0.538. The van der Waals surface area contributed by atoms with Gasteiger partial charge in [-0.15, -0.1) is 0 Å². The van der Waals surface area contributed by atoms with E-state index in [2.05, 4.69) is 10.0 Å². The van der Waals surface area contributed by atoms with Crippen LogP contribution in [0.3, 0.4) is 0 Å². The van der Waals surface area contributed by atoms with Gasteiger partial charge in [0.05, 0.1) is 11.0 Å². The predicted molar refractivity (Wildman–Crippen MR) is 75.4 cm³/mol. The molecule has 0 radical (unpaired) electrons. The van der Waals surface area contributed by atoms with E-state index in [1.54, 1.807) is 18.2 Å². The van der Waals surface area contributed by atoms with Gasteiger partial charge < -0.3 is 10.4 Å². The van der Waals surface area contributed by atoms with Gasteiger partial charge in [0.15, 0.2) is 0 Å². The molecule has 108 valence electrons. The number of nitrogens with one attached hydrogen (secondary N) is 2. The molecule has 19 heavy (non-hydrogen) atoms. The monoisotopic (exact) mass is 286 g/mol. The lowest BCUT2D eigenvalue weighted by molar-refractivity contribution is 0.163. The van der Waals surface area contributed by atoms with E-state index < -0.39 is 10.0 Å². The quantitative estimate of drug-likeness (QED) is 0.699. The molecular weight excluding hydrogens is 264 g/mol. The van der Waals surface area contributed by atoms with Crippen LogP contribution < -0.4 is 10.0 Å². The zero-order valence-electron chi connectivity index (χ0n) is 11.6. The lowest BCUT2D eigenvalue weighted by atomic mass is 10.1. The minimum Gasteiger partial charge on any atom is -0.392 e. The lowest BCUT2D eigenvalue weighted by Gasteiger charge is -2.17. The van der Waals surface area contributed by atoms with E-state index in [1.807, 2.05) is 19.9 Å². The van der Waals surface area contributed by atoms with Gasteiger partial charge in [-0.3, -0.25) is 0 Å². The van der Waals surface area contributed by atoms with Crippen LogP contribution in [0.15, 0.2) is 29.2 Å². The van der Waals surface area contributed by atoms with Crippen LogP contribution >= 0.6 is 0 Å². The summed E-state index contributed by atoms with van der Waals surface area (Å²) in [7, 11) is -2.03. The highest BCUT2D eigenvalue weighted by molar-refractivity contribution is 7.89. The largest absolute Gasteiger partial charge is 0.392 e. The Labute approximate surface area is 115 Å². The van der Waals surface area contributed by atoms with Crippen molar-refractivity contribution in [2.24, 2.45) is 0 Å². The molecule has 6 heteroatoms. The smallest absolute Gasteiger partial charge is 0.240 e. The molecule has 2 atom stereocenters. The molecule has 3 N–H and O–H groups in total. The summed E-state index contributed by atoms with van der Waals surface area (Å²) < 4.78 is 25.7. The fourth-order valence-corrected chi connectivity index (χ4v) is 2.43. The van der Waals surface area contributed by atoms with Gasteiger partial charge in [0.1, 0.15) is 0 Å². The van der Waals surface area contributed by atoms with Gasteiger partial charge in [0, 0.05) is 12.6 Å². The van der Waals surface area contributed by atoms with E-state index in [1.165, 1.54) is 7.05 Å². The van der Waals surface area contributed by atoms with Crippen LogP contribution in [-0.2, 0) is 10.0 Å². The first-order valence-corrected chi connectivity index (χ1v) is 7.84. The van der Waals surface area contributed by atoms with E-state index in [0.717, 1.165) is 5.56 Å². The number of hydrogen-bond acceptors (Lipinski definition) is 4. The van der Waals surface area contributed by atoms with Crippen molar-refractivity contribution in [3.63, 3.8) is 0 Å². The molecule has 5 nitrogen and oxygen atoms in total. The molecular formula is C13H22N2O3S. The van der Waals surface area contributed by atoms with Crippen LogP contribution in [0, 0.1) is 0 Å². The van der Waals surface area contributed by atoms with Gasteiger partial charge in [0.25, 0.3) is 0 Å². The molecule has 0 aliphatic rings. The third-order valence-corrected chi connectivity index (χ3v) is 4.48. The predicted octanol–water partition coefficient (Wildman–Crippen LogP) is 1.02. The lowest BCUT2D eigenvalue weighted by Crippen LogP contribution is -2.28. The van der Waals surface area contributed by atoms with Crippen molar-refractivity contribution in [2.75, 3.05) is 13.6 Å². The molecule has 0 aliphatic heterocycles. The van der Waals surface area contributed by atoms with E-state index >= 15 is 0 Å². The number of rotatable bonds is 7. The van der Waals surface area contributed by atoms with Gasteiger partial charge in [-0.05, 0) is 38.1 Å². The molecule has 0 saturated carbocycles. The maximum absolute atomic E-state index is 11.7. The van der Waals surface area contributed by atoms with Crippen LogP contribution in [-0.4, -0.2) is 33.2 Å².